The predicted molar refractivity (Wildman–Crippen MR) is 79.4 cm³/mol. The lowest BCUT2D eigenvalue weighted by atomic mass is 10.2. The van der Waals surface area contributed by atoms with Gasteiger partial charge in [-0.2, -0.15) is 9.78 Å². The molecule has 0 amide bonds. The molecule has 3 aromatic heterocycles. The fourth-order valence-electron chi connectivity index (χ4n) is 2.08. The summed E-state index contributed by atoms with van der Waals surface area (Å²) in [6.07, 6.45) is 1.66. The zero-order chi connectivity index (χ0) is 13.5. The molecule has 0 aromatic carbocycles. The van der Waals surface area contributed by atoms with Crippen molar-refractivity contribution in [3.05, 3.63) is 40.5 Å². The Morgan fingerprint density at radius 1 is 1.30 bits per heavy atom. The number of fused-ring (bicyclic) bond motifs is 1. The van der Waals surface area contributed by atoms with Crippen LogP contribution in [0.1, 0.15) is 10.6 Å². The minimum atomic E-state index is 0.729. The van der Waals surface area contributed by atoms with Crippen molar-refractivity contribution in [1.29, 1.82) is 0 Å². The van der Waals surface area contributed by atoms with Gasteiger partial charge in [-0.25, -0.2) is 0 Å². The molecular weight excluding hydrogens is 292 g/mol. The van der Waals surface area contributed by atoms with Gasteiger partial charge in [0.2, 0.25) is 5.16 Å². The minimum absolute atomic E-state index is 0.729. The van der Waals surface area contributed by atoms with E-state index in [2.05, 4.69) is 21.6 Å². The van der Waals surface area contributed by atoms with Crippen LogP contribution in [0.3, 0.4) is 0 Å². The molecule has 0 unspecified atom stereocenters. The van der Waals surface area contributed by atoms with Crippen LogP contribution in [-0.4, -0.2) is 26.3 Å². The van der Waals surface area contributed by atoms with Crippen molar-refractivity contribution in [3.63, 3.8) is 0 Å². The van der Waals surface area contributed by atoms with Gasteiger partial charge in [0.1, 0.15) is 5.76 Å². The summed E-state index contributed by atoms with van der Waals surface area (Å²) in [6.45, 7) is 1.91. The van der Waals surface area contributed by atoms with Crippen LogP contribution in [-0.2, 0) is 0 Å². The molecule has 100 valence electrons. The number of thiophene rings is 1. The molecule has 5 nitrogen and oxygen atoms in total. The van der Waals surface area contributed by atoms with E-state index in [1.165, 1.54) is 4.88 Å². The smallest absolute Gasteiger partial charge is 0.212 e. The summed E-state index contributed by atoms with van der Waals surface area (Å²) in [5.41, 5.74) is 1.99. The molecule has 4 rings (SSSR count). The van der Waals surface area contributed by atoms with E-state index >= 15 is 0 Å². The number of hydrogen-bond acceptors (Lipinski definition) is 6. The van der Waals surface area contributed by atoms with Crippen LogP contribution in [0.25, 0.3) is 11.4 Å². The van der Waals surface area contributed by atoms with E-state index in [0.29, 0.717) is 0 Å². The van der Waals surface area contributed by atoms with Crippen molar-refractivity contribution >= 4 is 28.8 Å². The van der Waals surface area contributed by atoms with E-state index in [1.54, 1.807) is 34.0 Å². The monoisotopic (exact) mass is 302 g/mol. The highest BCUT2D eigenvalue weighted by atomic mass is 32.2. The third kappa shape index (κ3) is 1.82. The topological polar surface area (TPSA) is 56.2 Å². The van der Waals surface area contributed by atoms with Gasteiger partial charge in [0.05, 0.1) is 22.4 Å². The lowest BCUT2D eigenvalue weighted by Gasteiger charge is -2.12. The number of aryl methyl sites for hydroxylation is 1. The van der Waals surface area contributed by atoms with Gasteiger partial charge in [0.25, 0.3) is 0 Å². The number of hydrogen-bond donors (Lipinski definition) is 0. The van der Waals surface area contributed by atoms with Gasteiger partial charge in [-0.05, 0) is 24.4 Å². The summed E-state index contributed by atoms with van der Waals surface area (Å²) in [7, 11) is 0. The van der Waals surface area contributed by atoms with Crippen molar-refractivity contribution in [1.82, 2.24) is 14.9 Å². The zero-order valence-corrected chi connectivity index (χ0v) is 12.2. The van der Waals surface area contributed by atoms with Crippen LogP contribution >= 0.6 is 23.1 Å². The Kier molecular flexibility index (Phi) is 2.75. The first-order valence-corrected chi connectivity index (χ1v) is 7.94. The third-order valence-electron chi connectivity index (χ3n) is 3.08. The molecule has 0 N–H and O–H groups in total. The van der Waals surface area contributed by atoms with E-state index < -0.39 is 0 Å². The van der Waals surface area contributed by atoms with Gasteiger partial charge in [0.15, 0.2) is 5.82 Å². The largest absolute Gasteiger partial charge is 0.469 e. The van der Waals surface area contributed by atoms with Crippen LogP contribution in [0, 0.1) is 6.92 Å². The molecule has 1 aliphatic heterocycles. The SMILES string of the molecule is Cc1occc1-c1nnc2n1N=C(c1cccs1)CS2. The molecule has 20 heavy (non-hydrogen) atoms. The van der Waals surface area contributed by atoms with E-state index in [1.807, 2.05) is 19.1 Å². The van der Waals surface area contributed by atoms with Crippen LogP contribution in [0.4, 0.5) is 0 Å². The van der Waals surface area contributed by atoms with Crippen molar-refractivity contribution in [3.8, 4) is 11.4 Å². The maximum atomic E-state index is 5.34. The molecule has 0 saturated heterocycles. The lowest BCUT2D eigenvalue weighted by molar-refractivity contribution is 0.534. The molecule has 0 fully saturated rings. The van der Waals surface area contributed by atoms with Crippen LogP contribution < -0.4 is 0 Å². The highest BCUT2D eigenvalue weighted by Crippen LogP contribution is 2.30. The van der Waals surface area contributed by atoms with Gasteiger partial charge >= 0.3 is 0 Å². The Labute approximate surface area is 123 Å². The second-order valence-electron chi connectivity index (χ2n) is 4.32. The highest BCUT2D eigenvalue weighted by molar-refractivity contribution is 7.99. The summed E-state index contributed by atoms with van der Waals surface area (Å²) >= 11 is 3.35. The average molecular weight is 302 g/mol. The van der Waals surface area contributed by atoms with Gasteiger partial charge < -0.3 is 4.42 Å². The van der Waals surface area contributed by atoms with Gasteiger partial charge in [-0.3, -0.25) is 0 Å². The molecule has 0 bridgehead atoms. The van der Waals surface area contributed by atoms with E-state index in [0.717, 1.165) is 33.8 Å². The molecule has 4 heterocycles. The van der Waals surface area contributed by atoms with Gasteiger partial charge in [-0.1, -0.05) is 17.8 Å². The number of rotatable bonds is 2. The van der Waals surface area contributed by atoms with Crippen LogP contribution in [0.2, 0.25) is 0 Å². The summed E-state index contributed by atoms with van der Waals surface area (Å²) < 4.78 is 7.15. The summed E-state index contributed by atoms with van der Waals surface area (Å²) in [4.78, 5) is 1.19. The Bertz CT molecular complexity index is 785. The van der Waals surface area contributed by atoms with Crippen molar-refractivity contribution < 1.29 is 4.42 Å². The molecule has 1 aliphatic rings. The normalized spacial score (nSPS) is 14.2. The maximum absolute atomic E-state index is 5.34. The summed E-state index contributed by atoms with van der Waals surface area (Å²) in [5, 5.41) is 16.0. The lowest BCUT2D eigenvalue weighted by Crippen LogP contribution is -2.12. The molecular formula is C13H10N4OS2. The van der Waals surface area contributed by atoms with Crippen molar-refractivity contribution in [2.45, 2.75) is 12.1 Å². The molecule has 0 spiro atoms. The third-order valence-corrected chi connectivity index (χ3v) is 4.93. The zero-order valence-electron chi connectivity index (χ0n) is 10.6. The molecule has 0 radical (unpaired) electrons. The molecule has 0 aliphatic carbocycles. The molecule has 7 heteroatoms. The second-order valence-corrected chi connectivity index (χ2v) is 6.21. The fraction of sp³-hybridized carbons (Fsp3) is 0.154. The number of aromatic nitrogens is 3. The van der Waals surface area contributed by atoms with Gasteiger partial charge in [0, 0.05) is 5.75 Å². The minimum Gasteiger partial charge on any atom is -0.469 e. The number of furan rings is 1. The Morgan fingerprint density at radius 2 is 2.25 bits per heavy atom. The van der Waals surface area contributed by atoms with Crippen LogP contribution in [0.15, 0.2) is 44.5 Å². The molecule has 0 atom stereocenters. The first kappa shape index (κ1) is 11.9. The standard InChI is InChI=1S/C13H10N4OS2/c1-8-9(4-5-18-8)12-14-15-13-17(12)16-10(7-20-13)11-3-2-6-19-11/h2-6H,7H2,1H3. The summed E-state index contributed by atoms with van der Waals surface area (Å²) in [6, 6.07) is 6.02. The van der Waals surface area contributed by atoms with E-state index in [-0.39, 0.29) is 0 Å². The summed E-state index contributed by atoms with van der Waals surface area (Å²) in [5.74, 6) is 2.37. The highest BCUT2D eigenvalue weighted by Gasteiger charge is 2.22. The maximum Gasteiger partial charge on any atom is 0.212 e. The predicted octanol–water partition coefficient (Wildman–Crippen LogP) is 3.27. The van der Waals surface area contributed by atoms with E-state index in [4.69, 9.17) is 9.52 Å². The average Bonchev–Trinajstić information content (AvgIpc) is 3.17. The Hall–Kier alpha value is -1.86. The van der Waals surface area contributed by atoms with Crippen molar-refractivity contribution in [2.75, 3.05) is 5.75 Å². The van der Waals surface area contributed by atoms with E-state index in [9.17, 15) is 0 Å². The Morgan fingerprint density at radius 3 is 3.00 bits per heavy atom. The Balaban J connectivity index is 1.85. The van der Waals surface area contributed by atoms with Gasteiger partial charge in [-0.15, -0.1) is 21.5 Å². The molecule has 0 saturated carbocycles. The number of nitrogens with zero attached hydrogens (tertiary/aromatic N) is 4. The van der Waals surface area contributed by atoms with Crippen molar-refractivity contribution in [2.24, 2.45) is 5.10 Å². The van der Waals surface area contributed by atoms with Crippen LogP contribution in [0.5, 0.6) is 0 Å². The first-order chi connectivity index (χ1) is 9.83. The second kappa shape index (κ2) is 4.60. The first-order valence-electron chi connectivity index (χ1n) is 6.07. The quantitative estimate of drug-likeness (QED) is 0.729. The fourth-order valence-corrected chi connectivity index (χ4v) is 3.70. The number of thioether (sulfide) groups is 1. The molecule has 3 aromatic rings.